The lowest BCUT2D eigenvalue weighted by atomic mass is 9.91. The zero-order valence-electron chi connectivity index (χ0n) is 19.1. The lowest BCUT2D eigenvalue weighted by molar-refractivity contribution is -0.147. The van der Waals surface area contributed by atoms with Gasteiger partial charge in [-0.05, 0) is 78.0 Å². The number of alkyl halides is 3. The van der Waals surface area contributed by atoms with Gasteiger partial charge in [0.15, 0.2) is 0 Å². The van der Waals surface area contributed by atoms with Crippen LogP contribution in [0, 0.1) is 5.92 Å². The normalized spacial score (nSPS) is 19.9. The molecular formula is C27H30F3NO3. The zero-order valence-corrected chi connectivity index (χ0v) is 19.1. The van der Waals surface area contributed by atoms with Crippen LogP contribution in [0.15, 0.2) is 36.4 Å². The second-order valence-corrected chi connectivity index (χ2v) is 10.1. The molecule has 1 N–H and O–H groups in total. The molecule has 2 aromatic carbocycles. The topological polar surface area (TPSA) is 49.8 Å². The molecule has 34 heavy (non-hydrogen) atoms. The maximum atomic E-state index is 13.8. The summed E-state index contributed by atoms with van der Waals surface area (Å²) >= 11 is 0. The zero-order chi connectivity index (χ0) is 23.9. The van der Waals surface area contributed by atoms with Crippen LogP contribution in [0.25, 0.3) is 0 Å². The number of carboxylic acids is 1. The Kier molecular flexibility index (Phi) is 6.32. The molecule has 0 radical (unpaired) electrons. The van der Waals surface area contributed by atoms with Crippen LogP contribution in [0.3, 0.4) is 0 Å². The summed E-state index contributed by atoms with van der Waals surface area (Å²) in [7, 11) is 0. The van der Waals surface area contributed by atoms with E-state index in [1.54, 1.807) is 12.1 Å². The van der Waals surface area contributed by atoms with E-state index in [1.807, 2.05) is 18.2 Å². The monoisotopic (exact) mass is 473 g/mol. The Labute approximate surface area is 197 Å². The molecule has 1 heterocycles. The highest BCUT2D eigenvalue weighted by molar-refractivity contribution is 5.71. The lowest BCUT2D eigenvalue weighted by Crippen LogP contribution is -2.49. The molecule has 0 unspecified atom stereocenters. The fourth-order valence-corrected chi connectivity index (χ4v) is 5.38. The van der Waals surface area contributed by atoms with E-state index in [-0.39, 0.29) is 18.4 Å². The Bertz CT molecular complexity index is 1050. The predicted octanol–water partition coefficient (Wildman–Crippen LogP) is 6.34. The first-order valence-corrected chi connectivity index (χ1v) is 12.2. The molecule has 0 bridgehead atoms. The highest BCUT2D eigenvalue weighted by Crippen LogP contribution is 2.44. The fourth-order valence-electron chi connectivity index (χ4n) is 5.38. The Balaban J connectivity index is 1.27. The van der Waals surface area contributed by atoms with Crippen LogP contribution in [-0.4, -0.2) is 29.1 Å². The van der Waals surface area contributed by atoms with Gasteiger partial charge in [0.1, 0.15) is 12.4 Å². The third-order valence-electron chi connectivity index (χ3n) is 7.46. The van der Waals surface area contributed by atoms with E-state index in [0.717, 1.165) is 38.5 Å². The Morgan fingerprint density at radius 2 is 1.68 bits per heavy atom. The molecule has 2 saturated carbocycles. The van der Waals surface area contributed by atoms with Crippen LogP contribution in [0.1, 0.15) is 78.2 Å². The van der Waals surface area contributed by atoms with E-state index >= 15 is 0 Å². The van der Waals surface area contributed by atoms with Crippen molar-refractivity contribution < 1.29 is 27.8 Å². The lowest BCUT2D eigenvalue weighted by Gasteiger charge is -2.37. The third-order valence-corrected chi connectivity index (χ3v) is 7.46. The number of nitrogens with zero attached hydrogens (tertiary/aromatic N) is 1. The van der Waals surface area contributed by atoms with Gasteiger partial charge in [-0.25, -0.2) is 0 Å². The van der Waals surface area contributed by atoms with Crippen molar-refractivity contribution in [2.24, 2.45) is 5.92 Å². The van der Waals surface area contributed by atoms with Gasteiger partial charge in [-0.1, -0.05) is 31.0 Å². The van der Waals surface area contributed by atoms with Crippen molar-refractivity contribution >= 4 is 5.97 Å². The summed E-state index contributed by atoms with van der Waals surface area (Å²) in [6.07, 6.45) is 1.49. The van der Waals surface area contributed by atoms with Crippen LogP contribution in [0.5, 0.6) is 5.75 Å². The highest BCUT2D eigenvalue weighted by Gasteiger charge is 2.36. The Morgan fingerprint density at radius 1 is 0.971 bits per heavy atom. The maximum absolute atomic E-state index is 13.8. The number of likely N-dealkylation sites (tertiary alicyclic amines) is 1. The quantitative estimate of drug-likeness (QED) is 0.486. The number of rotatable bonds is 8. The molecule has 0 aromatic heterocycles. The van der Waals surface area contributed by atoms with E-state index in [9.17, 15) is 18.0 Å². The van der Waals surface area contributed by atoms with Gasteiger partial charge in [0.25, 0.3) is 0 Å². The minimum atomic E-state index is -4.37. The van der Waals surface area contributed by atoms with E-state index in [1.165, 1.54) is 17.2 Å². The Morgan fingerprint density at radius 3 is 2.32 bits per heavy atom. The molecule has 1 aliphatic heterocycles. The molecule has 3 aliphatic rings. The number of ether oxygens (including phenoxy) is 1. The van der Waals surface area contributed by atoms with Crippen LogP contribution in [-0.2, 0) is 24.1 Å². The summed E-state index contributed by atoms with van der Waals surface area (Å²) < 4.78 is 47.2. The van der Waals surface area contributed by atoms with Crippen LogP contribution in [0.2, 0.25) is 0 Å². The van der Waals surface area contributed by atoms with Gasteiger partial charge in [-0.15, -0.1) is 0 Å². The second-order valence-electron chi connectivity index (χ2n) is 10.1. The summed E-state index contributed by atoms with van der Waals surface area (Å²) in [6, 6.07) is 10.6. The molecule has 0 spiro atoms. The number of hydrogen-bond donors (Lipinski definition) is 1. The van der Waals surface area contributed by atoms with Crippen molar-refractivity contribution in [1.29, 1.82) is 0 Å². The van der Waals surface area contributed by atoms with E-state index in [2.05, 4.69) is 4.90 Å². The summed E-state index contributed by atoms with van der Waals surface area (Å²) in [4.78, 5) is 13.2. The summed E-state index contributed by atoms with van der Waals surface area (Å²) in [5.74, 6) is 0.113. The largest absolute Gasteiger partial charge is 0.489 e. The number of aliphatic carboxylic acids is 1. The molecule has 182 valence electrons. The maximum Gasteiger partial charge on any atom is 0.416 e. The molecule has 7 heteroatoms. The second kappa shape index (κ2) is 9.25. The van der Waals surface area contributed by atoms with E-state index < -0.39 is 17.7 Å². The molecular weight excluding hydrogens is 443 g/mol. The molecule has 3 fully saturated rings. The van der Waals surface area contributed by atoms with Crippen LogP contribution < -0.4 is 4.74 Å². The SMILES string of the molecule is O=C(O)C1CN(Cc2ccc(OCc3ccc(C4CCCC4)c(C(F)(F)F)c3)cc2C2CC2)C1. The molecule has 0 amide bonds. The number of hydrogen-bond acceptors (Lipinski definition) is 3. The summed E-state index contributed by atoms with van der Waals surface area (Å²) in [5.41, 5.74) is 2.81. The minimum absolute atomic E-state index is 0.00239. The van der Waals surface area contributed by atoms with Gasteiger partial charge >= 0.3 is 12.1 Å². The van der Waals surface area contributed by atoms with E-state index in [0.29, 0.717) is 42.4 Å². The average molecular weight is 474 g/mol. The first kappa shape index (κ1) is 23.2. The first-order chi connectivity index (χ1) is 16.3. The van der Waals surface area contributed by atoms with Gasteiger partial charge in [0, 0.05) is 19.6 Å². The fraction of sp³-hybridized carbons (Fsp3) is 0.519. The molecule has 2 aromatic rings. The number of benzene rings is 2. The Hall–Kier alpha value is -2.54. The van der Waals surface area contributed by atoms with Crippen molar-refractivity contribution in [3.05, 3.63) is 64.2 Å². The smallest absolute Gasteiger partial charge is 0.416 e. The number of carbonyl (C=O) groups is 1. The summed E-state index contributed by atoms with van der Waals surface area (Å²) in [5, 5.41) is 9.09. The predicted molar refractivity (Wildman–Crippen MR) is 122 cm³/mol. The third kappa shape index (κ3) is 5.09. The van der Waals surface area contributed by atoms with Gasteiger partial charge in [-0.3, -0.25) is 9.69 Å². The molecule has 2 aliphatic carbocycles. The van der Waals surface area contributed by atoms with Crippen LogP contribution >= 0.6 is 0 Å². The average Bonchev–Trinajstić information content (AvgIpc) is 3.47. The highest BCUT2D eigenvalue weighted by atomic mass is 19.4. The van der Waals surface area contributed by atoms with Gasteiger partial charge in [0.2, 0.25) is 0 Å². The summed E-state index contributed by atoms with van der Waals surface area (Å²) in [6.45, 7) is 1.93. The van der Waals surface area contributed by atoms with Crippen molar-refractivity contribution in [3.8, 4) is 5.75 Å². The van der Waals surface area contributed by atoms with E-state index in [4.69, 9.17) is 9.84 Å². The van der Waals surface area contributed by atoms with Crippen LogP contribution in [0.4, 0.5) is 13.2 Å². The standard InChI is InChI=1S/C27H30F3NO3/c28-27(29,30)25-11-17(5-10-23(25)18-3-1-2-4-18)16-34-22-9-8-20(24(12-22)19-6-7-19)13-31-14-21(15-31)26(32)33/h5,8-12,18-19,21H,1-4,6-7,13-16H2,(H,32,33). The van der Waals surface area contributed by atoms with Crippen molar-refractivity contribution in [2.75, 3.05) is 13.1 Å². The van der Waals surface area contributed by atoms with Crippen molar-refractivity contribution in [1.82, 2.24) is 4.90 Å². The van der Waals surface area contributed by atoms with Crippen molar-refractivity contribution in [3.63, 3.8) is 0 Å². The van der Waals surface area contributed by atoms with Gasteiger partial charge in [-0.2, -0.15) is 13.2 Å². The number of halogens is 3. The molecule has 0 atom stereocenters. The van der Waals surface area contributed by atoms with Gasteiger partial charge in [0.05, 0.1) is 11.5 Å². The first-order valence-electron chi connectivity index (χ1n) is 12.2. The number of carboxylic acid groups (broad SMARTS) is 1. The van der Waals surface area contributed by atoms with Crippen molar-refractivity contribution in [2.45, 2.75) is 69.7 Å². The minimum Gasteiger partial charge on any atom is -0.489 e. The van der Waals surface area contributed by atoms with Gasteiger partial charge < -0.3 is 9.84 Å². The molecule has 4 nitrogen and oxygen atoms in total. The molecule has 1 saturated heterocycles. The molecule has 5 rings (SSSR count).